The number of nitrogens with one attached hydrogen (secondary N) is 1. The van der Waals surface area contributed by atoms with Crippen molar-refractivity contribution in [3.05, 3.63) is 34.6 Å². The Morgan fingerprint density at radius 3 is 2.88 bits per heavy atom. The van der Waals surface area contributed by atoms with E-state index in [0.717, 1.165) is 0 Å². The number of aromatic amines is 1. The van der Waals surface area contributed by atoms with Gasteiger partial charge in [-0.05, 0) is 19.1 Å². The zero-order chi connectivity index (χ0) is 12.4. The molecule has 0 radical (unpaired) electrons. The molecule has 0 spiro atoms. The monoisotopic (exact) mass is 239 g/mol. The number of hydrogen-bond donors (Lipinski definition) is 2. The Labute approximate surface area is 95.5 Å². The van der Waals surface area contributed by atoms with Crippen molar-refractivity contribution >= 4 is 0 Å². The SMILES string of the molecule is CCOc1cccc(F)c1-c1oc(=O)[nH]c1O. The Hall–Kier alpha value is -2.24. The van der Waals surface area contributed by atoms with Crippen molar-refractivity contribution in [2.24, 2.45) is 0 Å². The van der Waals surface area contributed by atoms with E-state index in [0.29, 0.717) is 6.61 Å². The summed E-state index contributed by atoms with van der Waals surface area (Å²) in [5, 5.41) is 9.43. The van der Waals surface area contributed by atoms with Crippen LogP contribution in [0.15, 0.2) is 27.4 Å². The van der Waals surface area contributed by atoms with Crippen LogP contribution in [0.25, 0.3) is 11.3 Å². The van der Waals surface area contributed by atoms with Crippen molar-refractivity contribution in [2.45, 2.75) is 6.92 Å². The largest absolute Gasteiger partial charge is 0.493 e. The standard InChI is InChI=1S/C11H10FNO4/c1-2-16-7-5-3-4-6(12)8(7)9-10(14)13-11(15)17-9/h3-5,14H,2H2,1H3,(H,13,15). The predicted molar refractivity (Wildman–Crippen MR) is 57.6 cm³/mol. The molecule has 0 saturated carbocycles. The third-order valence-electron chi connectivity index (χ3n) is 2.13. The third-order valence-corrected chi connectivity index (χ3v) is 2.13. The first kappa shape index (κ1) is 11.3. The molecule has 0 amide bonds. The number of aromatic nitrogens is 1. The minimum absolute atomic E-state index is 0.0785. The second kappa shape index (κ2) is 4.32. The van der Waals surface area contributed by atoms with Gasteiger partial charge in [0.1, 0.15) is 17.1 Å². The van der Waals surface area contributed by atoms with Crippen LogP contribution in [0.3, 0.4) is 0 Å². The lowest BCUT2D eigenvalue weighted by molar-refractivity contribution is 0.338. The highest BCUT2D eigenvalue weighted by Gasteiger charge is 2.20. The number of aromatic hydroxyl groups is 1. The van der Waals surface area contributed by atoms with Gasteiger partial charge in [0.15, 0.2) is 0 Å². The number of oxazole rings is 1. The van der Waals surface area contributed by atoms with Crippen LogP contribution in [0.5, 0.6) is 11.6 Å². The highest BCUT2D eigenvalue weighted by atomic mass is 19.1. The topological polar surface area (TPSA) is 75.5 Å². The summed E-state index contributed by atoms with van der Waals surface area (Å²) in [7, 11) is 0. The van der Waals surface area contributed by atoms with Crippen LogP contribution in [0.4, 0.5) is 4.39 Å². The Balaban J connectivity index is 2.65. The first-order valence-corrected chi connectivity index (χ1v) is 4.97. The number of hydrogen-bond acceptors (Lipinski definition) is 4. The van der Waals surface area contributed by atoms with Crippen LogP contribution in [-0.2, 0) is 0 Å². The zero-order valence-corrected chi connectivity index (χ0v) is 8.99. The molecule has 2 rings (SSSR count). The van der Waals surface area contributed by atoms with E-state index in [4.69, 9.17) is 4.74 Å². The summed E-state index contributed by atoms with van der Waals surface area (Å²) >= 11 is 0. The molecule has 1 aromatic carbocycles. The maximum atomic E-state index is 13.7. The Morgan fingerprint density at radius 2 is 2.29 bits per heavy atom. The van der Waals surface area contributed by atoms with Crippen molar-refractivity contribution in [2.75, 3.05) is 6.61 Å². The van der Waals surface area contributed by atoms with Crippen molar-refractivity contribution < 1.29 is 18.7 Å². The highest BCUT2D eigenvalue weighted by Crippen LogP contribution is 2.36. The van der Waals surface area contributed by atoms with E-state index in [-0.39, 0.29) is 17.1 Å². The third kappa shape index (κ3) is 2.01. The Kier molecular flexibility index (Phi) is 2.86. The summed E-state index contributed by atoms with van der Waals surface area (Å²) in [4.78, 5) is 12.9. The molecule has 0 aliphatic heterocycles. The smallest absolute Gasteiger partial charge is 0.419 e. The van der Waals surface area contributed by atoms with E-state index in [2.05, 4.69) is 4.42 Å². The molecule has 6 heteroatoms. The number of ether oxygens (including phenoxy) is 1. The molecule has 0 bridgehead atoms. The van der Waals surface area contributed by atoms with Crippen molar-refractivity contribution in [3.63, 3.8) is 0 Å². The van der Waals surface area contributed by atoms with Gasteiger partial charge in [-0.15, -0.1) is 0 Å². The summed E-state index contributed by atoms with van der Waals surface area (Å²) < 4.78 is 23.6. The van der Waals surface area contributed by atoms with Gasteiger partial charge in [0.05, 0.1) is 6.61 Å². The lowest BCUT2D eigenvalue weighted by Crippen LogP contribution is -1.96. The summed E-state index contributed by atoms with van der Waals surface area (Å²) in [5.41, 5.74) is -0.0785. The van der Waals surface area contributed by atoms with E-state index in [1.54, 1.807) is 6.92 Å². The van der Waals surface area contributed by atoms with Crippen LogP contribution >= 0.6 is 0 Å². The van der Waals surface area contributed by atoms with E-state index < -0.39 is 17.5 Å². The molecule has 2 N–H and O–H groups in total. The van der Waals surface area contributed by atoms with Gasteiger partial charge < -0.3 is 14.3 Å². The minimum atomic E-state index is -0.858. The molecule has 0 fully saturated rings. The molecule has 1 heterocycles. The molecule has 5 nitrogen and oxygen atoms in total. The molecule has 0 aliphatic rings. The normalized spacial score (nSPS) is 10.5. The van der Waals surface area contributed by atoms with Gasteiger partial charge in [-0.1, -0.05) is 6.07 Å². The molecular formula is C11H10FNO4. The van der Waals surface area contributed by atoms with Crippen molar-refractivity contribution in [3.8, 4) is 23.0 Å². The van der Waals surface area contributed by atoms with Gasteiger partial charge >= 0.3 is 5.76 Å². The van der Waals surface area contributed by atoms with Crippen LogP contribution < -0.4 is 10.5 Å². The molecule has 0 saturated heterocycles. The molecule has 0 aliphatic carbocycles. The molecule has 0 atom stereocenters. The Morgan fingerprint density at radius 1 is 1.53 bits per heavy atom. The average Bonchev–Trinajstić information content (AvgIpc) is 2.58. The molecule has 1 aromatic heterocycles. The van der Waals surface area contributed by atoms with Crippen LogP contribution in [0.1, 0.15) is 6.92 Å². The fourth-order valence-electron chi connectivity index (χ4n) is 1.49. The van der Waals surface area contributed by atoms with Crippen LogP contribution in [0.2, 0.25) is 0 Å². The fourth-order valence-corrected chi connectivity index (χ4v) is 1.49. The summed E-state index contributed by atoms with van der Waals surface area (Å²) in [6.07, 6.45) is 0. The molecule has 2 aromatic rings. The van der Waals surface area contributed by atoms with Crippen LogP contribution in [0, 0.1) is 5.82 Å². The zero-order valence-electron chi connectivity index (χ0n) is 8.99. The average molecular weight is 239 g/mol. The van der Waals surface area contributed by atoms with Crippen molar-refractivity contribution in [1.29, 1.82) is 0 Å². The highest BCUT2D eigenvalue weighted by molar-refractivity contribution is 5.69. The van der Waals surface area contributed by atoms with E-state index in [1.807, 2.05) is 4.98 Å². The molecule has 0 unspecified atom stereocenters. The molecule has 17 heavy (non-hydrogen) atoms. The van der Waals surface area contributed by atoms with Gasteiger partial charge in [-0.2, -0.15) is 0 Å². The maximum Gasteiger partial charge on any atom is 0.419 e. The number of benzene rings is 1. The molecule has 90 valence electrons. The molecular weight excluding hydrogens is 229 g/mol. The first-order chi connectivity index (χ1) is 8.13. The van der Waals surface area contributed by atoms with Gasteiger partial charge in [-0.25, -0.2) is 9.18 Å². The van der Waals surface area contributed by atoms with E-state index in [9.17, 15) is 14.3 Å². The van der Waals surface area contributed by atoms with Gasteiger partial charge in [0.25, 0.3) is 0 Å². The van der Waals surface area contributed by atoms with E-state index in [1.165, 1.54) is 18.2 Å². The maximum absolute atomic E-state index is 13.7. The first-order valence-electron chi connectivity index (χ1n) is 4.97. The van der Waals surface area contributed by atoms with Gasteiger partial charge in [0, 0.05) is 0 Å². The second-order valence-corrected chi connectivity index (χ2v) is 3.24. The Bertz CT molecular complexity index is 587. The second-order valence-electron chi connectivity index (χ2n) is 3.24. The van der Waals surface area contributed by atoms with E-state index >= 15 is 0 Å². The lowest BCUT2D eigenvalue weighted by Gasteiger charge is -2.08. The number of H-pyrrole nitrogens is 1. The fraction of sp³-hybridized carbons (Fsp3) is 0.182. The van der Waals surface area contributed by atoms with Crippen molar-refractivity contribution in [1.82, 2.24) is 4.98 Å². The summed E-state index contributed by atoms with van der Waals surface area (Å²) in [6.45, 7) is 2.06. The number of rotatable bonds is 3. The lowest BCUT2D eigenvalue weighted by atomic mass is 10.1. The quantitative estimate of drug-likeness (QED) is 0.857. The minimum Gasteiger partial charge on any atom is -0.493 e. The summed E-state index contributed by atoms with van der Waals surface area (Å²) in [5.74, 6) is -2.10. The number of halogens is 1. The predicted octanol–water partition coefficient (Wildman–Crippen LogP) is 1.88. The van der Waals surface area contributed by atoms with Gasteiger partial charge in [-0.3, -0.25) is 4.98 Å². The van der Waals surface area contributed by atoms with Gasteiger partial charge in [0.2, 0.25) is 11.6 Å². The summed E-state index contributed by atoms with van der Waals surface area (Å²) in [6, 6.07) is 4.17. The van der Waals surface area contributed by atoms with Crippen LogP contribution in [-0.4, -0.2) is 16.7 Å².